The Bertz CT molecular complexity index is 1510. The van der Waals surface area contributed by atoms with Crippen molar-refractivity contribution in [2.45, 2.75) is 93.1 Å². The van der Waals surface area contributed by atoms with E-state index in [0.717, 1.165) is 33.4 Å². The Kier molecular flexibility index (Phi) is 13.1. The molecule has 3 aromatic carbocycles. The van der Waals surface area contributed by atoms with Crippen LogP contribution in [0.1, 0.15) is 87.3 Å². The number of hydrogen-bond donors (Lipinski definition) is 0. The lowest BCUT2D eigenvalue weighted by atomic mass is 10.0. The molecule has 1 aliphatic rings. The first kappa shape index (κ1) is 37.3. The molecule has 0 N–H and O–H groups in total. The average molecular weight is 672 g/mol. The summed E-state index contributed by atoms with van der Waals surface area (Å²) in [6, 6.07) is 17.9. The molecule has 9 heteroatoms. The molecule has 0 aromatic heterocycles. The van der Waals surface area contributed by atoms with Crippen molar-refractivity contribution in [3.05, 3.63) is 88.0 Å². The van der Waals surface area contributed by atoms with Gasteiger partial charge in [-0.15, -0.1) is 0 Å². The summed E-state index contributed by atoms with van der Waals surface area (Å²) in [5.41, 5.74) is 5.46. The van der Waals surface area contributed by atoms with Crippen molar-refractivity contribution in [1.29, 1.82) is 0 Å². The minimum Gasteiger partial charge on any atom is -0.497 e. The predicted molar refractivity (Wildman–Crippen MR) is 191 cm³/mol. The number of benzene rings is 3. The highest BCUT2D eigenvalue weighted by molar-refractivity contribution is 5.77. The zero-order valence-corrected chi connectivity index (χ0v) is 30.5. The third-order valence-corrected chi connectivity index (χ3v) is 8.55. The van der Waals surface area contributed by atoms with Crippen molar-refractivity contribution < 1.29 is 28.6 Å². The predicted octanol–water partition coefficient (Wildman–Crippen LogP) is 7.11. The van der Waals surface area contributed by atoms with Crippen molar-refractivity contribution in [3.8, 4) is 17.2 Å². The maximum absolute atomic E-state index is 13.7. The number of nitrogens with zero attached hydrogens (tertiary/aromatic N) is 3. The smallest absolute Gasteiger partial charge is 0.223 e. The monoisotopic (exact) mass is 671 g/mol. The summed E-state index contributed by atoms with van der Waals surface area (Å²) in [6.07, 6.45) is 1.17. The Morgan fingerprint density at radius 1 is 0.490 bits per heavy atom. The molecule has 4 rings (SSSR count). The Labute approximate surface area is 292 Å². The van der Waals surface area contributed by atoms with Crippen LogP contribution in [0.4, 0.5) is 0 Å². The van der Waals surface area contributed by atoms with Gasteiger partial charge in [0.25, 0.3) is 0 Å². The van der Waals surface area contributed by atoms with Crippen molar-refractivity contribution >= 4 is 17.7 Å². The molecule has 0 aliphatic carbocycles. The maximum Gasteiger partial charge on any atom is 0.223 e. The molecule has 0 atom stereocenters. The molecule has 0 fully saturated rings. The summed E-state index contributed by atoms with van der Waals surface area (Å²) in [6.45, 7) is 12.2. The summed E-state index contributed by atoms with van der Waals surface area (Å²) in [7, 11) is 4.89. The summed E-state index contributed by atoms with van der Waals surface area (Å²) in [5.74, 6) is 2.48. The Hall–Kier alpha value is -4.53. The van der Waals surface area contributed by atoms with Gasteiger partial charge in [-0.1, -0.05) is 52.8 Å². The quantitative estimate of drug-likeness (QED) is 0.254. The topological polar surface area (TPSA) is 88.6 Å². The lowest BCUT2D eigenvalue weighted by Crippen LogP contribution is -2.32. The largest absolute Gasteiger partial charge is 0.497 e. The second kappa shape index (κ2) is 17.2. The molecule has 1 heterocycles. The number of carbonyl (C=O) groups excluding carboxylic acids is 3. The van der Waals surface area contributed by atoms with E-state index >= 15 is 0 Å². The minimum absolute atomic E-state index is 0.0121. The first-order valence-corrected chi connectivity index (χ1v) is 17.2. The van der Waals surface area contributed by atoms with Crippen LogP contribution in [0.5, 0.6) is 17.2 Å². The van der Waals surface area contributed by atoms with Crippen LogP contribution in [0.15, 0.2) is 54.6 Å². The molecule has 264 valence electrons. The van der Waals surface area contributed by atoms with Crippen LogP contribution >= 0.6 is 0 Å². The molecule has 3 aromatic rings. The maximum atomic E-state index is 13.7. The molecule has 1 aliphatic heterocycles. The number of amides is 3. The number of fused-ring (bicyclic) bond motifs is 6. The zero-order chi connectivity index (χ0) is 35.7. The van der Waals surface area contributed by atoms with Gasteiger partial charge in [0.1, 0.15) is 17.2 Å². The van der Waals surface area contributed by atoms with Crippen LogP contribution in [0.2, 0.25) is 0 Å². The standard InChI is InChI=1S/C40H53N3O6/c1-9-38(44)41-21-29-12-31(17-35(15-29)47-6)23-42(39(45)10-27(2)3)25-33-14-34(20-37(19-33)49-8)26-43(40(46)11-28(4)5)24-32-13-30(22-41)16-36(18-32)48-7/h12-20,27-28H,9-11,21-26H2,1-8H3. The van der Waals surface area contributed by atoms with E-state index in [1.807, 2.05) is 85.7 Å². The van der Waals surface area contributed by atoms with E-state index < -0.39 is 0 Å². The van der Waals surface area contributed by atoms with E-state index in [9.17, 15) is 14.4 Å². The minimum atomic E-state index is 0.0121. The van der Waals surface area contributed by atoms with E-state index in [-0.39, 0.29) is 29.6 Å². The highest BCUT2D eigenvalue weighted by Gasteiger charge is 2.22. The lowest BCUT2D eigenvalue weighted by molar-refractivity contribution is -0.134. The van der Waals surface area contributed by atoms with Gasteiger partial charge in [-0.05, 0) is 81.6 Å². The van der Waals surface area contributed by atoms with Crippen LogP contribution < -0.4 is 14.2 Å². The lowest BCUT2D eigenvalue weighted by Gasteiger charge is -2.28. The number of rotatable bonds is 8. The molecule has 9 nitrogen and oxygen atoms in total. The van der Waals surface area contributed by atoms with Crippen LogP contribution in [0.25, 0.3) is 0 Å². The van der Waals surface area contributed by atoms with E-state index in [2.05, 4.69) is 18.2 Å². The highest BCUT2D eigenvalue weighted by Crippen LogP contribution is 2.27. The molecule has 49 heavy (non-hydrogen) atoms. The number of carbonyl (C=O) groups is 3. The van der Waals surface area contributed by atoms with Gasteiger partial charge in [-0.2, -0.15) is 0 Å². The first-order valence-electron chi connectivity index (χ1n) is 17.2. The fourth-order valence-corrected chi connectivity index (χ4v) is 6.29. The van der Waals surface area contributed by atoms with Crippen molar-refractivity contribution in [3.63, 3.8) is 0 Å². The molecule has 6 bridgehead atoms. The normalized spacial score (nSPS) is 14.0. The third kappa shape index (κ3) is 10.7. The molecule has 0 saturated heterocycles. The van der Waals surface area contributed by atoms with Crippen LogP contribution in [-0.4, -0.2) is 53.8 Å². The van der Waals surface area contributed by atoms with Gasteiger partial charge in [0.05, 0.1) is 21.3 Å². The molecule has 0 unspecified atom stereocenters. The van der Waals surface area contributed by atoms with E-state index in [1.54, 1.807) is 21.3 Å². The summed E-state index contributed by atoms with van der Waals surface area (Å²) < 4.78 is 17.1. The van der Waals surface area contributed by atoms with Crippen LogP contribution in [-0.2, 0) is 53.7 Å². The molecule has 0 radical (unpaired) electrons. The van der Waals surface area contributed by atoms with Gasteiger partial charge in [-0.3, -0.25) is 14.4 Å². The molecule has 0 spiro atoms. The molecular formula is C40H53N3O6. The van der Waals surface area contributed by atoms with Gasteiger partial charge in [0, 0.05) is 58.5 Å². The van der Waals surface area contributed by atoms with Crippen LogP contribution in [0, 0.1) is 11.8 Å². The SMILES string of the molecule is CCC(=O)N1Cc2cc(cc(OC)c2)CN(C(=O)CC(C)C)Cc2cc(cc(OC)c2)CN(C(=O)CC(C)C)Cc2cc(cc(OC)c2)C1. The molecular weight excluding hydrogens is 618 g/mol. The van der Waals surface area contributed by atoms with Crippen molar-refractivity contribution in [1.82, 2.24) is 14.7 Å². The molecule has 3 amide bonds. The second-order valence-electron chi connectivity index (χ2n) is 13.9. The fourth-order valence-electron chi connectivity index (χ4n) is 6.29. The van der Waals surface area contributed by atoms with Gasteiger partial charge >= 0.3 is 0 Å². The number of methoxy groups -OCH3 is 3. The summed E-state index contributed by atoms with van der Waals surface area (Å²) in [5, 5.41) is 0. The zero-order valence-electron chi connectivity index (χ0n) is 30.5. The summed E-state index contributed by atoms with van der Waals surface area (Å²) in [4.78, 5) is 46.4. The fraction of sp³-hybridized carbons (Fsp3) is 0.475. The van der Waals surface area contributed by atoms with Gasteiger partial charge in [-0.25, -0.2) is 0 Å². The van der Waals surface area contributed by atoms with Crippen molar-refractivity contribution in [2.75, 3.05) is 21.3 Å². The summed E-state index contributed by atoms with van der Waals surface area (Å²) >= 11 is 0. The van der Waals surface area contributed by atoms with Gasteiger partial charge in [0.15, 0.2) is 0 Å². The van der Waals surface area contributed by atoms with Gasteiger partial charge in [0.2, 0.25) is 17.7 Å². The Morgan fingerprint density at radius 3 is 0.939 bits per heavy atom. The number of ether oxygens (including phenoxy) is 3. The van der Waals surface area contributed by atoms with Crippen molar-refractivity contribution in [2.24, 2.45) is 11.8 Å². The Morgan fingerprint density at radius 2 is 0.735 bits per heavy atom. The third-order valence-electron chi connectivity index (χ3n) is 8.55. The molecule has 0 saturated carbocycles. The highest BCUT2D eigenvalue weighted by atomic mass is 16.5. The first-order chi connectivity index (χ1) is 23.4. The second-order valence-corrected chi connectivity index (χ2v) is 13.9. The van der Waals surface area contributed by atoms with Crippen LogP contribution in [0.3, 0.4) is 0 Å². The Balaban J connectivity index is 1.90. The van der Waals surface area contributed by atoms with E-state index in [1.165, 1.54) is 0 Å². The van der Waals surface area contributed by atoms with E-state index in [4.69, 9.17) is 14.2 Å². The number of hydrogen-bond acceptors (Lipinski definition) is 6. The average Bonchev–Trinajstić information content (AvgIpc) is 3.05. The van der Waals surface area contributed by atoms with Gasteiger partial charge < -0.3 is 28.9 Å². The van der Waals surface area contributed by atoms with E-state index in [0.29, 0.717) is 75.8 Å².